The molecule has 164 valence electrons. The molecular formula is C24H22N8O. The van der Waals surface area contributed by atoms with Crippen molar-refractivity contribution in [1.29, 1.82) is 5.26 Å². The van der Waals surface area contributed by atoms with Gasteiger partial charge in [0.1, 0.15) is 17.5 Å². The molecule has 0 aromatic carbocycles. The van der Waals surface area contributed by atoms with Crippen LogP contribution in [0.15, 0.2) is 59.7 Å². The van der Waals surface area contributed by atoms with Crippen LogP contribution in [0.25, 0.3) is 27.8 Å². The van der Waals surface area contributed by atoms with Crippen molar-refractivity contribution in [2.45, 2.75) is 18.9 Å². The van der Waals surface area contributed by atoms with Gasteiger partial charge in [0.25, 0.3) is 6.01 Å². The predicted molar refractivity (Wildman–Crippen MR) is 124 cm³/mol. The van der Waals surface area contributed by atoms with E-state index in [9.17, 15) is 5.26 Å². The highest BCUT2D eigenvalue weighted by molar-refractivity contribution is 5.89. The Morgan fingerprint density at radius 2 is 2.24 bits per heavy atom. The number of H-pyrrole nitrogens is 1. The number of aromatic nitrogens is 5. The zero-order chi connectivity index (χ0) is 22.2. The van der Waals surface area contributed by atoms with Crippen LogP contribution in [0.4, 0.5) is 6.01 Å². The number of pyridine rings is 1. The number of oxazole rings is 1. The largest absolute Gasteiger partial charge is 0.404 e. The van der Waals surface area contributed by atoms with Gasteiger partial charge in [0, 0.05) is 43.5 Å². The van der Waals surface area contributed by atoms with Gasteiger partial charge in [-0.15, -0.1) is 0 Å². The monoisotopic (exact) mass is 438 g/mol. The van der Waals surface area contributed by atoms with Gasteiger partial charge in [-0.3, -0.25) is 0 Å². The molecule has 1 fully saturated rings. The predicted octanol–water partition coefficient (Wildman–Crippen LogP) is 3.52. The SMILES string of the molecule is N#CCC(C1CCN(c2nc3cccnc3o2)C1)N1C=CC=C(c2ncnc3[nH]ccc23)C1. The first-order valence-corrected chi connectivity index (χ1v) is 11.0. The van der Waals surface area contributed by atoms with Crippen LogP contribution in [0.1, 0.15) is 18.5 Å². The standard InChI is InChI=1S/C24H22N8O/c25-8-5-20(16-7-12-32(13-16)24-30-19-4-1-9-27-23(19)33-24)31-11-2-3-17(14-31)21-18-6-10-26-22(18)29-15-28-21/h1-4,6,9-11,15-16,20H,5,7,12-14H2,(H,26,28,29). The number of fused-ring (bicyclic) bond motifs is 2. The minimum atomic E-state index is 0.0889. The molecule has 4 aromatic rings. The van der Waals surface area contributed by atoms with Crippen LogP contribution in [0.5, 0.6) is 0 Å². The second kappa shape index (κ2) is 8.06. The molecule has 6 rings (SSSR count). The van der Waals surface area contributed by atoms with Crippen molar-refractivity contribution in [3.8, 4) is 6.07 Å². The smallest absolute Gasteiger partial charge is 0.299 e. The van der Waals surface area contributed by atoms with E-state index in [1.54, 1.807) is 12.5 Å². The lowest BCUT2D eigenvalue weighted by Gasteiger charge is -2.35. The van der Waals surface area contributed by atoms with E-state index in [-0.39, 0.29) is 6.04 Å². The molecular weight excluding hydrogens is 416 g/mol. The number of anilines is 1. The molecule has 9 nitrogen and oxygen atoms in total. The van der Waals surface area contributed by atoms with Crippen molar-refractivity contribution in [2.75, 3.05) is 24.5 Å². The highest BCUT2D eigenvalue weighted by atomic mass is 16.4. The Balaban J connectivity index is 1.22. The van der Waals surface area contributed by atoms with E-state index in [1.807, 2.05) is 30.5 Å². The molecule has 9 heteroatoms. The van der Waals surface area contributed by atoms with Crippen molar-refractivity contribution in [1.82, 2.24) is 29.8 Å². The Labute approximate surface area is 190 Å². The Morgan fingerprint density at radius 3 is 3.15 bits per heavy atom. The van der Waals surface area contributed by atoms with Gasteiger partial charge in [-0.25, -0.2) is 15.0 Å². The summed E-state index contributed by atoms with van der Waals surface area (Å²) in [7, 11) is 0. The maximum atomic E-state index is 9.61. The summed E-state index contributed by atoms with van der Waals surface area (Å²) >= 11 is 0. The van der Waals surface area contributed by atoms with Gasteiger partial charge in [-0.05, 0) is 48.4 Å². The average molecular weight is 438 g/mol. The number of nitriles is 1. The lowest BCUT2D eigenvalue weighted by molar-refractivity contribution is 0.231. The number of allylic oxidation sites excluding steroid dienone is 2. The molecule has 2 unspecified atom stereocenters. The fourth-order valence-electron chi connectivity index (χ4n) is 4.90. The third-order valence-electron chi connectivity index (χ3n) is 6.51. The first-order chi connectivity index (χ1) is 16.3. The Kier molecular flexibility index (Phi) is 4.76. The number of nitrogens with zero attached hydrogens (tertiary/aromatic N) is 7. The van der Waals surface area contributed by atoms with Gasteiger partial charge in [0.2, 0.25) is 5.71 Å². The van der Waals surface area contributed by atoms with E-state index in [0.717, 1.165) is 47.3 Å². The fourth-order valence-corrected chi connectivity index (χ4v) is 4.90. The molecule has 0 spiro atoms. The van der Waals surface area contributed by atoms with E-state index < -0.39 is 0 Å². The van der Waals surface area contributed by atoms with E-state index in [2.05, 4.69) is 53.1 Å². The minimum absolute atomic E-state index is 0.0889. The van der Waals surface area contributed by atoms with Crippen molar-refractivity contribution < 1.29 is 4.42 Å². The van der Waals surface area contributed by atoms with Crippen LogP contribution in [0, 0.1) is 17.2 Å². The Bertz CT molecular complexity index is 1380. The summed E-state index contributed by atoms with van der Waals surface area (Å²) in [5, 5.41) is 10.6. The molecule has 0 bridgehead atoms. The van der Waals surface area contributed by atoms with Gasteiger partial charge < -0.3 is 19.2 Å². The molecule has 0 amide bonds. The van der Waals surface area contributed by atoms with Crippen molar-refractivity contribution in [2.24, 2.45) is 5.92 Å². The van der Waals surface area contributed by atoms with E-state index in [4.69, 9.17) is 4.42 Å². The normalized spacial score (nSPS) is 19.2. The Hall–Kier alpha value is -4.19. The van der Waals surface area contributed by atoms with Gasteiger partial charge in [0.15, 0.2) is 0 Å². The lowest BCUT2D eigenvalue weighted by Crippen LogP contribution is -2.40. The molecule has 0 radical (unpaired) electrons. The van der Waals surface area contributed by atoms with Crippen LogP contribution in [-0.2, 0) is 0 Å². The third kappa shape index (κ3) is 3.49. The second-order valence-corrected chi connectivity index (χ2v) is 8.42. The highest BCUT2D eigenvalue weighted by Gasteiger charge is 2.35. The summed E-state index contributed by atoms with van der Waals surface area (Å²) in [4.78, 5) is 25.3. The first-order valence-electron chi connectivity index (χ1n) is 11.0. The quantitative estimate of drug-likeness (QED) is 0.504. The Morgan fingerprint density at radius 1 is 1.27 bits per heavy atom. The summed E-state index contributed by atoms with van der Waals surface area (Å²) < 4.78 is 5.88. The molecule has 2 atom stereocenters. The zero-order valence-electron chi connectivity index (χ0n) is 17.9. The molecule has 0 aliphatic carbocycles. The fraction of sp³-hybridized carbons (Fsp3) is 0.292. The summed E-state index contributed by atoms with van der Waals surface area (Å²) in [5.74, 6) is 0.314. The third-order valence-corrected chi connectivity index (χ3v) is 6.51. The highest BCUT2D eigenvalue weighted by Crippen LogP contribution is 2.33. The number of rotatable bonds is 5. The summed E-state index contributed by atoms with van der Waals surface area (Å²) in [5.41, 5.74) is 4.19. The van der Waals surface area contributed by atoms with Crippen LogP contribution >= 0.6 is 0 Å². The van der Waals surface area contributed by atoms with Gasteiger partial charge in [-0.1, -0.05) is 6.08 Å². The molecule has 1 N–H and O–H groups in total. The number of aromatic amines is 1. The number of hydrogen-bond donors (Lipinski definition) is 1. The molecule has 2 aliphatic rings. The van der Waals surface area contributed by atoms with Crippen molar-refractivity contribution in [3.05, 3.63) is 61.0 Å². The molecule has 6 heterocycles. The average Bonchev–Trinajstić information content (AvgIpc) is 3.61. The summed E-state index contributed by atoms with van der Waals surface area (Å²) in [6, 6.07) is 8.87. The van der Waals surface area contributed by atoms with Gasteiger partial charge in [-0.2, -0.15) is 10.2 Å². The number of nitrogens with one attached hydrogen (secondary N) is 1. The lowest BCUT2D eigenvalue weighted by atomic mass is 9.93. The minimum Gasteiger partial charge on any atom is -0.404 e. The van der Waals surface area contributed by atoms with Crippen molar-refractivity contribution in [3.63, 3.8) is 0 Å². The van der Waals surface area contributed by atoms with E-state index in [0.29, 0.717) is 30.6 Å². The summed E-state index contributed by atoms with van der Waals surface area (Å²) in [6.45, 7) is 2.33. The number of hydrogen-bond acceptors (Lipinski definition) is 8. The second-order valence-electron chi connectivity index (χ2n) is 8.42. The maximum absolute atomic E-state index is 9.61. The molecule has 0 saturated carbocycles. The van der Waals surface area contributed by atoms with Gasteiger partial charge >= 0.3 is 0 Å². The maximum Gasteiger partial charge on any atom is 0.299 e. The van der Waals surface area contributed by atoms with E-state index in [1.165, 1.54) is 0 Å². The first kappa shape index (κ1) is 19.5. The molecule has 4 aromatic heterocycles. The van der Waals surface area contributed by atoms with Crippen LogP contribution in [0.3, 0.4) is 0 Å². The molecule has 2 aliphatic heterocycles. The van der Waals surface area contributed by atoms with Crippen LogP contribution in [0.2, 0.25) is 0 Å². The van der Waals surface area contributed by atoms with Crippen LogP contribution in [-0.4, -0.2) is 55.5 Å². The van der Waals surface area contributed by atoms with Crippen molar-refractivity contribution >= 4 is 33.9 Å². The zero-order valence-corrected chi connectivity index (χ0v) is 17.9. The van der Waals surface area contributed by atoms with Crippen LogP contribution < -0.4 is 4.90 Å². The van der Waals surface area contributed by atoms with E-state index >= 15 is 0 Å². The topological polar surface area (TPSA) is 111 Å². The van der Waals surface area contributed by atoms with Gasteiger partial charge in [0.05, 0.1) is 18.2 Å². The summed E-state index contributed by atoms with van der Waals surface area (Å²) in [6.07, 6.45) is 12.8. The molecule has 1 saturated heterocycles. The molecule has 33 heavy (non-hydrogen) atoms.